The zero-order valence-corrected chi connectivity index (χ0v) is 11.3. The number of anilines is 2. The molecule has 1 N–H and O–H groups in total. The standard InChI is InChI=1S/C13H11NO2S2/c1-18(15,16)9-6-7-11-13(8-9)17-12-5-3-2-4-10(12)14-11/h2-8,14H,1H3. The van der Waals surface area contributed by atoms with Gasteiger partial charge in [0.1, 0.15) is 0 Å². The molecule has 3 nitrogen and oxygen atoms in total. The molecule has 2 aromatic rings. The lowest BCUT2D eigenvalue weighted by atomic mass is 10.2. The van der Waals surface area contributed by atoms with Crippen LogP contribution in [0.25, 0.3) is 0 Å². The average Bonchev–Trinajstić information content (AvgIpc) is 2.34. The smallest absolute Gasteiger partial charge is 0.175 e. The summed E-state index contributed by atoms with van der Waals surface area (Å²) < 4.78 is 23.1. The Kier molecular flexibility index (Phi) is 2.60. The Morgan fingerprint density at radius 3 is 2.50 bits per heavy atom. The van der Waals surface area contributed by atoms with Crippen molar-refractivity contribution >= 4 is 33.0 Å². The van der Waals surface area contributed by atoms with Crippen LogP contribution in [0.5, 0.6) is 0 Å². The molecule has 3 rings (SSSR count). The van der Waals surface area contributed by atoms with E-state index in [0.717, 1.165) is 21.2 Å². The molecule has 0 aromatic heterocycles. The molecule has 0 atom stereocenters. The monoisotopic (exact) mass is 277 g/mol. The van der Waals surface area contributed by atoms with Crippen LogP contribution in [-0.2, 0) is 9.84 Å². The van der Waals surface area contributed by atoms with Gasteiger partial charge < -0.3 is 5.32 Å². The fourth-order valence-corrected chi connectivity index (χ4v) is 3.59. The van der Waals surface area contributed by atoms with Crippen LogP contribution in [0.3, 0.4) is 0 Å². The van der Waals surface area contributed by atoms with E-state index in [-0.39, 0.29) is 0 Å². The molecule has 0 amide bonds. The summed E-state index contributed by atoms with van der Waals surface area (Å²) in [7, 11) is -3.15. The first-order valence-corrected chi connectivity index (χ1v) is 8.13. The zero-order valence-electron chi connectivity index (χ0n) is 9.67. The van der Waals surface area contributed by atoms with Gasteiger partial charge in [-0.15, -0.1) is 0 Å². The molecule has 0 bridgehead atoms. The third-order valence-electron chi connectivity index (χ3n) is 2.76. The highest BCUT2D eigenvalue weighted by Gasteiger charge is 2.17. The van der Waals surface area contributed by atoms with Crippen LogP contribution in [0, 0.1) is 0 Å². The van der Waals surface area contributed by atoms with Gasteiger partial charge >= 0.3 is 0 Å². The van der Waals surface area contributed by atoms with Gasteiger partial charge in [-0.3, -0.25) is 0 Å². The fourth-order valence-electron chi connectivity index (χ4n) is 1.84. The van der Waals surface area contributed by atoms with E-state index < -0.39 is 9.84 Å². The van der Waals surface area contributed by atoms with E-state index in [1.54, 1.807) is 23.9 Å². The van der Waals surface area contributed by atoms with Crippen LogP contribution in [0.15, 0.2) is 57.2 Å². The van der Waals surface area contributed by atoms with Gasteiger partial charge in [-0.25, -0.2) is 8.42 Å². The number of benzene rings is 2. The summed E-state index contributed by atoms with van der Waals surface area (Å²) in [5.74, 6) is 0. The molecule has 18 heavy (non-hydrogen) atoms. The number of fused-ring (bicyclic) bond motifs is 2. The lowest BCUT2D eigenvalue weighted by molar-refractivity contribution is 0.601. The summed E-state index contributed by atoms with van der Waals surface area (Å²) in [6.45, 7) is 0. The number of sulfone groups is 1. The van der Waals surface area contributed by atoms with Crippen LogP contribution < -0.4 is 5.32 Å². The van der Waals surface area contributed by atoms with Gasteiger partial charge in [-0.05, 0) is 30.3 Å². The Balaban J connectivity index is 2.09. The molecule has 2 aromatic carbocycles. The summed E-state index contributed by atoms with van der Waals surface area (Å²) in [4.78, 5) is 2.40. The molecule has 1 aliphatic heterocycles. The van der Waals surface area contributed by atoms with Crippen LogP contribution in [-0.4, -0.2) is 14.7 Å². The van der Waals surface area contributed by atoms with E-state index >= 15 is 0 Å². The maximum atomic E-state index is 11.5. The minimum Gasteiger partial charge on any atom is -0.354 e. The Labute approximate surface area is 110 Å². The molecule has 0 saturated carbocycles. The first kappa shape index (κ1) is 11.6. The molecule has 1 aliphatic rings. The number of rotatable bonds is 1. The number of nitrogens with one attached hydrogen (secondary N) is 1. The normalized spacial score (nSPS) is 13.4. The highest BCUT2D eigenvalue weighted by atomic mass is 32.2. The zero-order chi connectivity index (χ0) is 12.8. The van der Waals surface area contributed by atoms with E-state index in [4.69, 9.17) is 0 Å². The van der Waals surface area contributed by atoms with Crippen LogP contribution in [0.1, 0.15) is 0 Å². The van der Waals surface area contributed by atoms with E-state index in [1.165, 1.54) is 6.26 Å². The molecule has 0 saturated heterocycles. The van der Waals surface area contributed by atoms with Gasteiger partial charge in [0.25, 0.3) is 0 Å². The minimum absolute atomic E-state index is 0.356. The summed E-state index contributed by atoms with van der Waals surface area (Å²) in [6.07, 6.45) is 1.23. The molecular weight excluding hydrogens is 266 g/mol. The van der Waals surface area contributed by atoms with Crippen LogP contribution >= 0.6 is 11.8 Å². The number of hydrogen-bond acceptors (Lipinski definition) is 4. The Morgan fingerprint density at radius 1 is 1.00 bits per heavy atom. The van der Waals surface area contributed by atoms with Gasteiger partial charge in [0.2, 0.25) is 0 Å². The average molecular weight is 277 g/mol. The molecule has 0 aliphatic carbocycles. The molecule has 5 heteroatoms. The lowest BCUT2D eigenvalue weighted by Gasteiger charge is -2.20. The van der Waals surface area contributed by atoms with Crippen molar-refractivity contribution < 1.29 is 8.42 Å². The number of hydrogen-bond donors (Lipinski definition) is 1. The van der Waals surface area contributed by atoms with Crippen molar-refractivity contribution in [2.75, 3.05) is 11.6 Å². The third-order valence-corrected chi connectivity index (χ3v) is 5.00. The third kappa shape index (κ3) is 2.00. The van der Waals surface area contributed by atoms with Crippen molar-refractivity contribution in [2.24, 2.45) is 0 Å². The largest absolute Gasteiger partial charge is 0.354 e. The minimum atomic E-state index is -3.15. The van der Waals surface area contributed by atoms with E-state index in [2.05, 4.69) is 5.32 Å². The maximum absolute atomic E-state index is 11.5. The quantitative estimate of drug-likeness (QED) is 0.741. The Hall–Kier alpha value is -1.46. The molecule has 0 spiro atoms. The summed E-state index contributed by atoms with van der Waals surface area (Å²) >= 11 is 1.59. The molecule has 92 valence electrons. The second kappa shape index (κ2) is 4.03. The molecule has 0 unspecified atom stereocenters. The predicted octanol–water partition coefficient (Wildman–Crippen LogP) is 3.30. The van der Waals surface area contributed by atoms with E-state index in [0.29, 0.717) is 4.90 Å². The molecule has 0 fully saturated rings. The second-order valence-electron chi connectivity index (χ2n) is 4.15. The van der Waals surface area contributed by atoms with Crippen molar-refractivity contribution in [3.8, 4) is 0 Å². The van der Waals surface area contributed by atoms with Gasteiger partial charge in [0.15, 0.2) is 9.84 Å². The first-order valence-electron chi connectivity index (χ1n) is 5.42. The van der Waals surface area contributed by atoms with Crippen molar-refractivity contribution in [2.45, 2.75) is 14.7 Å². The van der Waals surface area contributed by atoms with E-state index in [9.17, 15) is 8.42 Å². The van der Waals surface area contributed by atoms with E-state index in [1.807, 2.05) is 30.3 Å². The summed E-state index contributed by atoms with van der Waals surface area (Å²) in [6, 6.07) is 13.1. The van der Waals surface area contributed by atoms with Crippen LogP contribution in [0.4, 0.5) is 11.4 Å². The Morgan fingerprint density at radius 2 is 1.72 bits per heavy atom. The highest BCUT2D eigenvalue weighted by Crippen LogP contribution is 2.44. The molecule has 1 heterocycles. The van der Waals surface area contributed by atoms with Crippen molar-refractivity contribution in [1.29, 1.82) is 0 Å². The van der Waals surface area contributed by atoms with Crippen molar-refractivity contribution in [3.05, 3.63) is 42.5 Å². The van der Waals surface area contributed by atoms with Gasteiger partial charge in [-0.1, -0.05) is 23.9 Å². The van der Waals surface area contributed by atoms with Gasteiger partial charge in [-0.2, -0.15) is 0 Å². The fraction of sp³-hybridized carbons (Fsp3) is 0.0769. The van der Waals surface area contributed by atoms with Gasteiger partial charge in [0.05, 0.1) is 16.3 Å². The molecular formula is C13H11NO2S2. The highest BCUT2D eigenvalue weighted by molar-refractivity contribution is 7.99. The second-order valence-corrected chi connectivity index (χ2v) is 7.25. The topological polar surface area (TPSA) is 46.2 Å². The van der Waals surface area contributed by atoms with Gasteiger partial charge in [0, 0.05) is 16.0 Å². The molecule has 0 radical (unpaired) electrons. The number of para-hydroxylation sites is 1. The maximum Gasteiger partial charge on any atom is 0.175 e. The first-order chi connectivity index (χ1) is 8.54. The SMILES string of the molecule is CS(=O)(=O)c1ccc2c(c1)Sc1ccccc1N2. The lowest BCUT2D eigenvalue weighted by Crippen LogP contribution is -2.02. The van der Waals surface area contributed by atoms with Crippen molar-refractivity contribution in [3.63, 3.8) is 0 Å². The van der Waals surface area contributed by atoms with Crippen molar-refractivity contribution in [1.82, 2.24) is 0 Å². The predicted molar refractivity (Wildman–Crippen MR) is 73.4 cm³/mol. The summed E-state index contributed by atoms with van der Waals surface area (Å²) in [5, 5.41) is 3.30. The van der Waals surface area contributed by atoms with Crippen LogP contribution in [0.2, 0.25) is 0 Å². The summed E-state index contributed by atoms with van der Waals surface area (Å²) in [5.41, 5.74) is 2.01. The Bertz CT molecular complexity index is 724.